The molecule has 1 amide bonds. The van der Waals surface area contributed by atoms with E-state index in [9.17, 15) is 9.59 Å². The van der Waals surface area contributed by atoms with Gasteiger partial charge in [-0.05, 0) is 25.5 Å². The van der Waals surface area contributed by atoms with Crippen molar-refractivity contribution in [3.05, 3.63) is 23.4 Å². The van der Waals surface area contributed by atoms with Crippen LogP contribution in [-0.2, 0) is 9.59 Å². The van der Waals surface area contributed by atoms with E-state index in [1.807, 2.05) is 0 Å². The summed E-state index contributed by atoms with van der Waals surface area (Å²) >= 11 is 5.78. The topological polar surface area (TPSA) is 73.7 Å². The normalized spacial score (nSPS) is 21.4. The van der Waals surface area contributed by atoms with Gasteiger partial charge < -0.3 is 14.9 Å². The van der Waals surface area contributed by atoms with Gasteiger partial charge in [0.1, 0.15) is 5.82 Å². The van der Waals surface area contributed by atoms with Gasteiger partial charge in [-0.15, -0.1) is 0 Å². The van der Waals surface area contributed by atoms with Crippen molar-refractivity contribution in [3.8, 4) is 0 Å². The zero-order valence-corrected chi connectivity index (χ0v) is 12.7. The van der Waals surface area contributed by atoms with Crippen LogP contribution in [0.4, 0.5) is 5.82 Å². The summed E-state index contributed by atoms with van der Waals surface area (Å²) in [7, 11) is 1.77. The molecule has 2 unspecified atom stereocenters. The van der Waals surface area contributed by atoms with Gasteiger partial charge in [-0.3, -0.25) is 9.59 Å². The Kier molecular flexibility index (Phi) is 4.67. The van der Waals surface area contributed by atoms with Crippen LogP contribution in [0.25, 0.3) is 0 Å². The molecule has 0 aromatic carbocycles. The largest absolute Gasteiger partial charge is 0.481 e. The SMILES string of the molecule is CC1C(C(=O)O)CCN1C(=O)CN(C)c1ccc(Cl)cn1. The van der Waals surface area contributed by atoms with Crippen molar-refractivity contribution in [1.29, 1.82) is 0 Å². The predicted molar refractivity (Wildman–Crippen MR) is 79.4 cm³/mol. The van der Waals surface area contributed by atoms with Crippen LogP contribution in [0.15, 0.2) is 18.3 Å². The lowest BCUT2D eigenvalue weighted by Gasteiger charge is -2.26. The molecule has 1 N–H and O–H groups in total. The van der Waals surface area contributed by atoms with Gasteiger partial charge in [-0.2, -0.15) is 0 Å². The number of aromatic nitrogens is 1. The number of hydrogen-bond donors (Lipinski definition) is 1. The molecule has 0 spiro atoms. The second kappa shape index (κ2) is 6.30. The fourth-order valence-corrected chi connectivity index (χ4v) is 2.70. The van der Waals surface area contributed by atoms with Gasteiger partial charge in [0.2, 0.25) is 5.91 Å². The highest BCUT2D eigenvalue weighted by Crippen LogP contribution is 2.24. The summed E-state index contributed by atoms with van der Waals surface area (Å²) in [5.41, 5.74) is 0. The van der Waals surface area contributed by atoms with Crippen molar-refractivity contribution in [3.63, 3.8) is 0 Å². The molecule has 1 aromatic rings. The minimum atomic E-state index is -0.842. The minimum absolute atomic E-state index is 0.0921. The molecule has 1 aliphatic heterocycles. The summed E-state index contributed by atoms with van der Waals surface area (Å²) in [5.74, 6) is -0.765. The summed E-state index contributed by atoms with van der Waals surface area (Å²) in [6, 6.07) is 3.17. The van der Waals surface area contributed by atoms with E-state index < -0.39 is 11.9 Å². The van der Waals surface area contributed by atoms with Gasteiger partial charge in [0.15, 0.2) is 0 Å². The summed E-state index contributed by atoms with van der Waals surface area (Å²) < 4.78 is 0. The first-order valence-corrected chi connectivity index (χ1v) is 7.13. The lowest BCUT2D eigenvalue weighted by Crippen LogP contribution is -2.43. The van der Waals surface area contributed by atoms with E-state index in [0.717, 1.165) is 0 Å². The number of anilines is 1. The molecule has 0 aliphatic carbocycles. The molecule has 1 fully saturated rings. The lowest BCUT2D eigenvalue weighted by atomic mass is 10.0. The van der Waals surface area contributed by atoms with Gasteiger partial charge in [0.05, 0.1) is 17.5 Å². The van der Waals surface area contributed by atoms with Crippen LogP contribution in [0.5, 0.6) is 0 Å². The summed E-state index contributed by atoms with van der Waals surface area (Å²) in [5, 5.41) is 9.64. The van der Waals surface area contributed by atoms with Crippen molar-refractivity contribution in [2.45, 2.75) is 19.4 Å². The smallest absolute Gasteiger partial charge is 0.308 e. The van der Waals surface area contributed by atoms with Crippen LogP contribution in [0, 0.1) is 5.92 Å². The Morgan fingerprint density at radius 1 is 1.52 bits per heavy atom. The monoisotopic (exact) mass is 311 g/mol. The average molecular weight is 312 g/mol. The zero-order chi connectivity index (χ0) is 15.6. The van der Waals surface area contributed by atoms with Crippen LogP contribution < -0.4 is 4.90 Å². The number of hydrogen-bond acceptors (Lipinski definition) is 4. The van der Waals surface area contributed by atoms with Crippen LogP contribution in [0.2, 0.25) is 5.02 Å². The number of carbonyl (C=O) groups is 2. The van der Waals surface area contributed by atoms with Crippen molar-refractivity contribution >= 4 is 29.3 Å². The van der Waals surface area contributed by atoms with Crippen LogP contribution in [-0.4, -0.2) is 53.0 Å². The van der Waals surface area contributed by atoms with E-state index >= 15 is 0 Å². The number of rotatable bonds is 4. The molecular weight excluding hydrogens is 294 g/mol. The lowest BCUT2D eigenvalue weighted by molar-refractivity contribution is -0.142. The van der Waals surface area contributed by atoms with E-state index in [-0.39, 0.29) is 18.5 Å². The Labute approximate surface area is 128 Å². The Bertz CT molecular complexity index is 535. The molecule has 2 rings (SSSR count). The molecule has 1 aromatic heterocycles. The van der Waals surface area contributed by atoms with Crippen LogP contribution in [0.3, 0.4) is 0 Å². The highest BCUT2D eigenvalue weighted by atomic mass is 35.5. The number of pyridine rings is 1. The van der Waals surface area contributed by atoms with Crippen LogP contribution in [0.1, 0.15) is 13.3 Å². The van der Waals surface area contributed by atoms with Crippen molar-refractivity contribution in [2.24, 2.45) is 5.92 Å². The molecule has 2 atom stereocenters. The highest BCUT2D eigenvalue weighted by molar-refractivity contribution is 6.30. The number of aliphatic carboxylic acids is 1. The predicted octanol–water partition coefficient (Wildman–Crippen LogP) is 1.49. The number of halogens is 1. The Morgan fingerprint density at radius 3 is 2.76 bits per heavy atom. The van der Waals surface area contributed by atoms with Crippen molar-refractivity contribution in [2.75, 3.05) is 25.0 Å². The van der Waals surface area contributed by atoms with Crippen molar-refractivity contribution < 1.29 is 14.7 Å². The third-order valence-electron chi connectivity index (χ3n) is 3.87. The van der Waals surface area contributed by atoms with Gasteiger partial charge in [0, 0.05) is 25.8 Å². The van der Waals surface area contributed by atoms with E-state index in [2.05, 4.69) is 4.98 Å². The summed E-state index contributed by atoms with van der Waals surface area (Å²) in [6.45, 7) is 2.42. The first-order chi connectivity index (χ1) is 9.90. The second-order valence-electron chi connectivity index (χ2n) is 5.25. The van der Waals surface area contributed by atoms with Gasteiger partial charge in [-0.1, -0.05) is 11.6 Å². The van der Waals surface area contributed by atoms with Gasteiger partial charge >= 0.3 is 5.97 Å². The number of nitrogens with zero attached hydrogens (tertiary/aromatic N) is 3. The number of likely N-dealkylation sites (N-methyl/N-ethyl adjacent to an activating group) is 1. The van der Waals surface area contributed by atoms with E-state index in [0.29, 0.717) is 23.8 Å². The van der Waals surface area contributed by atoms with E-state index in [1.165, 1.54) is 6.20 Å². The first-order valence-electron chi connectivity index (χ1n) is 6.75. The molecule has 1 saturated heterocycles. The molecule has 0 saturated carbocycles. The Hall–Kier alpha value is -1.82. The maximum Gasteiger partial charge on any atom is 0.308 e. The van der Waals surface area contributed by atoms with Crippen LogP contribution >= 0.6 is 11.6 Å². The number of carboxylic acid groups (broad SMARTS) is 1. The molecule has 0 radical (unpaired) electrons. The number of carboxylic acids is 1. The maximum absolute atomic E-state index is 12.3. The summed E-state index contributed by atoms with van der Waals surface area (Å²) in [4.78, 5) is 30.9. The molecule has 1 aliphatic rings. The van der Waals surface area contributed by atoms with Gasteiger partial charge in [-0.25, -0.2) is 4.98 Å². The Balaban J connectivity index is 1.98. The first kappa shape index (κ1) is 15.6. The zero-order valence-electron chi connectivity index (χ0n) is 12.0. The number of carbonyl (C=O) groups excluding carboxylic acids is 1. The third kappa shape index (κ3) is 3.44. The standard InChI is InChI=1S/C14H18ClN3O3/c1-9-11(14(20)21)5-6-18(9)13(19)8-17(2)12-4-3-10(15)7-16-12/h3-4,7,9,11H,5-6,8H2,1-2H3,(H,20,21). The maximum atomic E-state index is 12.3. The van der Waals surface area contributed by atoms with E-state index in [1.54, 1.807) is 35.9 Å². The molecule has 7 heteroatoms. The van der Waals surface area contributed by atoms with E-state index in [4.69, 9.17) is 16.7 Å². The molecule has 21 heavy (non-hydrogen) atoms. The fourth-order valence-electron chi connectivity index (χ4n) is 2.59. The minimum Gasteiger partial charge on any atom is -0.481 e. The fraction of sp³-hybridized carbons (Fsp3) is 0.500. The molecule has 6 nitrogen and oxygen atoms in total. The molecule has 2 heterocycles. The number of amides is 1. The molecule has 0 bridgehead atoms. The Morgan fingerprint density at radius 2 is 2.24 bits per heavy atom. The average Bonchev–Trinajstić information content (AvgIpc) is 2.81. The van der Waals surface area contributed by atoms with Gasteiger partial charge in [0.25, 0.3) is 0 Å². The quantitative estimate of drug-likeness (QED) is 0.912. The molecular formula is C14H18ClN3O3. The molecule has 114 valence electrons. The summed E-state index contributed by atoms with van der Waals surface area (Å²) in [6.07, 6.45) is 2.03. The number of likely N-dealkylation sites (tertiary alicyclic amines) is 1. The van der Waals surface area contributed by atoms with Crippen molar-refractivity contribution in [1.82, 2.24) is 9.88 Å². The second-order valence-corrected chi connectivity index (χ2v) is 5.69. The third-order valence-corrected chi connectivity index (χ3v) is 4.09. The highest BCUT2D eigenvalue weighted by Gasteiger charge is 2.38.